The van der Waals surface area contributed by atoms with E-state index in [0.29, 0.717) is 0 Å². The highest BCUT2D eigenvalue weighted by Gasteiger charge is 2.11. The molecule has 0 fully saturated rings. The Hall–Kier alpha value is -2.22. The molecule has 0 aliphatic rings. The Morgan fingerprint density at radius 1 is 1.06 bits per heavy atom. The monoisotopic (exact) mass is 223 g/mol. The van der Waals surface area contributed by atoms with E-state index in [2.05, 4.69) is 6.58 Å². The summed E-state index contributed by atoms with van der Waals surface area (Å²) in [7, 11) is 0. The molecule has 0 atom stereocenters. The minimum Gasteiger partial charge on any atom is -0.428 e. The standard InChI is InChI=1S/C15H13NO/c1-2-6-11-7-5-9-13-12-8-3-4-10-14(12)16(17)15(11)13/h2-5,7-10,17H,1,6H2. The van der Waals surface area contributed by atoms with Gasteiger partial charge in [-0.15, -0.1) is 6.58 Å². The van der Waals surface area contributed by atoms with Crippen molar-refractivity contribution in [2.75, 3.05) is 0 Å². The molecule has 1 heterocycles. The fourth-order valence-electron chi connectivity index (χ4n) is 2.39. The Kier molecular flexibility index (Phi) is 2.15. The second-order valence-electron chi connectivity index (χ2n) is 4.14. The summed E-state index contributed by atoms with van der Waals surface area (Å²) in [5.74, 6) is 0. The highest BCUT2D eigenvalue weighted by atomic mass is 16.5. The predicted octanol–water partition coefficient (Wildman–Crippen LogP) is 3.76. The van der Waals surface area contributed by atoms with Gasteiger partial charge in [0.2, 0.25) is 0 Å². The van der Waals surface area contributed by atoms with E-state index in [4.69, 9.17) is 0 Å². The largest absolute Gasteiger partial charge is 0.428 e. The van der Waals surface area contributed by atoms with Crippen molar-refractivity contribution >= 4 is 21.8 Å². The molecule has 0 unspecified atom stereocenters. The van der Waals surface area contributed by atoms with Gasteiger partial charge in [-0.2, -0.15) is 4.73 Å². The van der Waals surface area contributed by atoms with Crippen LogP contribution in [0.15, 0.2) is 55.1 Å². The van der Waals surface area contributed by atoms with E-state index in [-0.39, 0.29) is 0 Å². The van der Waals surface area contributed by atoms with Crippen molar-refractivity contribution in [3.63, 3.8) is 0 Å². The van der Waals surface area contributed by atoms with Gasteiger partial charge in [-0.1, -0.05) is 42.5 Å². The Labute approximate surface area is 99.4 Å². The summed E-state index contributed by atoms with van der Waals surface area (Å²) in [6.45, 7) is 3.76. The third-order valence-corrected chi connectivity index (χ3v) is 3.12. The van der Waals surface area contributed by atoms with Crippen LogP contribution in [0.4, 0.5) is 0 Å². The first-order valence-corrected chi connectivity index (χ1v) is 5.64. The molecule has 0 aliphatic carbocycles. The summed E-state index contributed by atoms with van der Waals surface area (Å²) in [5, 5.41) is 12.4. The van der Waals surface area contributed by atoms with E-state index < -0.39 is 0 Å². The van der Waals surface area contributed by atoms with Gasteiger partial charge in [0.05, 0.1) is 11.0 Å². The molecule has 1 N–H and O–H groups in total. The van der Waals surface area contributed by atoms with Crippen LogP contribution in [0.1, 0.15) is 5.56 Å². The van der Waals surface area contributed by atoms with Gasteiger partial charge >= 0.3 is 0 Å². The molecule has 2 nitrogen and oxygen atoms in total. The topological polar surface area (TPSA) is 25.2 Å². The van der Waals surface area contributed by atoms with Gasteiger partial charge in [-0.25, -0.2) is 0 Å². The van der Waals surface area contributed by atoms with Gasteiger partial charge < -0.3 is 5.21 Å². The Morgan fingerprint density at radius 2 is 1.82 bits per heavy atom. The maximum absolute atomic E-state index is 10.2. The number of aromatic nitrogens is 1. The molecule has 1 aromatic heterocycles. The van der Waals surface area contributed by atoms with Crippen LogP contribution >= 0.6 is 0 Å². The zero-order valence-corrected chi connectivity index (χ0v) is 9.43. The maximum atomic E-state index is 10.2. The number of benzene rings is 2. The fourth-order valence-corrected chi connectivity index (χ4v) is 2.39. The predicted molar refractivity (Wildman–Crippen MR) is 70.5 cm³/mol. The normalized spacial score (nSPS) is 11.1. The first-order chi connectivity index (χ1) is 8.33. The third kappa shape index (κ3) is 1.34. The van der Waals surface area contributed by atoms with Crippen LogP contribution < -0.4 is 0 Å². The van der Waals surface area contributed by atoms with Crippen LogP contribution in [0.25, 0.3) is 21.8 Å². The third-order valence-electron chi connectivity index (χ3n) is 3.12. The summed E-state index contributed by atoms with van der Waals surface area (Å²) in [5.41, 5.74) is 2.82. The summed E-state index contributed by atoms with van der Waals surface area (Å²) in [6, 6.07) is 14.0. The lowest BCUT2D eigenvalue weighted by atomic mass is 10.1. The Bertz CT molecular complexity index is 709. The van der Waals surface area contributed by atoms with Crippen molar-refractivity contribution in [3.05, 3.63) is 60.7 Å². The smallest absolute Gasteiger partial charge is 0.0914 e. The second kappa shape index (κ2) is 3.67. The van der Waals surface area contributed by atoms with Crippen LogP contribution in [-0.4, -0.2) is 9.94 Å². The highest BCUT2D eigenvalue weighted by molar-refractivity contribution is 6.08. The van der Waals surface area contributed by atoms with Gasteiger partial charge in [0, 0.05) is 10.8 Å². The first-order valence-electron chi connectivity index (χ1n) is 5.64. The SMILES string of the molecule is C=CCc1cccc2c3ccccc3n(O)c12. The van der Waals surface area contributed by atoms with E-state index in [9.17, 15) is 5.21 Å². The van der Waals surface area contributed by atoms with E-state index in [1.807, 2.05) is 48.5 Å². The molecule has 84 valence electrons. The summed E-state index contributed by atoms with van der Waals surface area (Å²) < 4.78 is 1.28. The van der Waals surface area contributed by atoms with Gasteiger partial charge in [-0.05, 0) is 18.1 Å². The van der Waals surface area contributed by atoms with Crippen molar-refractivity contribution in [2.45, 2.75) is 6.42 Å². The molecule has 3 rings (SSSR count). The molecule has 2 aromatic carbocycles. The Morgan fingerprint density at radius 3 is 2.65 bits per heavy atom. The molecular weight excluding hydrogens is 210 g/mol. The number of para-hydroxylation sites is 2. The number of allylic oxidation sites excluding steroid dienone is 1. The van der Waals surface area contributed by atoms with Crippen molar-refractivity contribution in [1.29, 1.82) is 0 Å². The number of hydrogen-bond acceptors (Lipinski definition) is 1. The average molecular weight is 223 g/mol. The molecule has 0 amide bonds. The summed E-state index contributed by atoms with van der Waals surface area (Å²) in [4.78, 5) is 0. The summed E-state index contributed by atoms with van der Waals surface area (Å²) in [6.07, 6.45) is 2.61. The molecule has 0 saturated carbocycles. The zero-order chi connectivity index (χ0) is 11.8. The maximum Gasteiger partial charge on any atom is 0.0914 e. The number of fused-ring (bicyclic) bond motifs is 3. The molecular formula is C15H13NO. The molecule has 0 bridgehead atoms. The number of hydrogen-bond donors (Lipinski definition) is 1. The molecule has 0 spiro atoms. The van der Waals surface area contributed by atoms with Gasteiger partial charge in [-0.3, -0.25) is 0 Å². The van der Waals surface area contributed by atoms with Crippen LogP contribution in [0.3, 0.4) is 0 Å². The van der Waals surface area contributed by atoms with Crippen LogP contribution in [0.5, 0.6) is 0 Å². The van der Waals surface area contributed by atoms with Gasteiger partial charge in [0.25, 0.3) is 0 Å². The van der Waals surface area contributed by atoms with Crippen LogP contribution in [0, 0.1) is 0 Å². The number of nitrogens with zero attached hydrogens (tertiary/aromatic N) is 1. The molecule has 0 radical (unpaired) electrons. The molecule has 2 heteroatoms. The van der Waals surface area contributed by atoms with Crippen molar-refractivity contribution < 1.29 is 5.21 Å². The van der Waals surface area contributed by atoms with E-state index >= 15 is 0 Å². The fraction of sp³-hybridized carbons (Fsp3) is 0.0667. The van der Waals surface area contributed by atoms with Crippen LogP contribution in [-0.2, 0) is 6.42 Å². The van der Waals surface area contributed by atoms with Gasteiger partial charge in [0.15, 0.2) is 0 Å². The van der Waals surface area contributed by atoms with Gasteiger partial charge in [0.1, 0.15) is 0 Å². The van der Waals surface area contributed by atoms with E-state index in [1.165, 1.54) is 4.73 Å². The minimum atomic E-state index is 0.758. The molecule has 17 heavy (non-hydrogen) atoms. The summed E-state index contributed by atoms with van der Waals surface area (Å²) >= 11 is 0. The lowest BCUT2D eigenvalue weighted by molar-refractivity contribution is 0.212. The quantitative estimate of drug-likeness (QED) is 0.519. The van der Waals surface area contributed by atoms with Crippen LogP contribution in [0.2, 0.25) is 0 Å². The molecule has 0 saturated heterocycles. The lowest BCUT2D eigenvalue weighted by Gasteiger charge is -2.02. The lowest BCUT2D eigenvalue weighted by Crippen LogP contribution is -1.93. The second-order valence-corrected chi connectivity index (χ2v) is 4.14. The van der Waals surface area contributed by atoms with Crippen molar-refractivity contribution in [2.24, 2.45) is 0 Å². The molecule has 3 aromatic rings. The highest BCUT2D eigenvalue weighted by Crippen LogP contribution is 2.30. The van der Waals surface area contributed by atoms with Crippen molar-refractivity contribution in [3.8, 4) is 0 Å². The van der Waals surface area contributed by atoms with Crippen molar-refractivity contribution in [1.82, 2.24) is 4.73 Å². The minimum absolute atomic E-state index is 0.758. The number of rotatable bonds is 2. The zero-order valence-electron chi connectivity index (χ0n) is 9.43. The first kappa shape index (κ1) is 9.97. The van der Waals surface area contributed by atoms with E-state index in [1.54, 1.807) is 0 Å². The average Bonchev–Trinajstić information content (AvgIpc) is 2.66. The van der Waals surface area contributed by atoms with E-state index in [0.717, 1.165) is 33.8 Å². The molecule has 0 aliphatic heterocycles. The Balaban J connectivity index is 2.52.